The van der Waals surface area contributed by atoms with Gasteiger partial charge in [0, 0.05) is 5.75 Å². The van der Waals surface area contributed by atoms with Gasteiger partial charge in [-0.15, -0.1) is 11.8 Å². The van der Waals surface area contributed by atoms with Gasteiger partial charge in [0.15, 0.2) is 17.5 Å². The van der Waals surface area contributed by atoms with Crippen LogP contribution in [0.3, 0.4) is 0 Å². The zero-order valence-electron chi connectivity index (χ0n) is 16.9. The first kappa shape index (κ1) is 22.7. The molecule has 4 rings (SSSR count). The van der Waals surface area contributed by atoms with E-state index in [0.717, 1.165) is 28.5 Å². The molecule has 4 nitrogen and oxygen atoms in total. The number of anilines is 1. The lowest BCUT2D eigenvalue weighted by Gasteiger charge is -2.21. The highest BCUT2D eigenvalue weighted by Crippen LogP contribution is 2.41. The van der Waals surface area contributed by atoms with Gasteiger partial charge in [-0.3, -0.25) is 0 Å². The van der Waals surface area contributed by atoms with Crippen LogP contribution in [0.2, 0.25) is 0 Å². The Morgan fingerprint density at radius 2 is 1.66 bits per heavy atom. The van der Waals surface area contributed by atoms with Crippen molar-refractivity contribution in [2.24, 2.45) is 5.14 Å². The third-order valence-electron chi connectivity index (χ3n) is 5.45. The van der Waals surface area contributed by atoms with Crippen LogP contribution >= 0.6 is 11.8 Å². The maximum atomic E-state index is 15.4. The molecule has 0 saturated heterocycles. The van der Waals surface area contributed by atoms with Crippen molar-refractivity contribution in [2.75, 3.05) is 11.1 Å². The number of benzene rings is 3. The summed E-state index contributed by atoms with van der Waals surface area (Å²) in [6.45, 7) is 0. The van der Waals surface area contributed by atoms with Gasteiger partial charge in [-0.05, 0) is 36.0 Å². The molecule has 9 heteroatoms. The minimum absolute atomic E-state index is 0.276. The van der Waals surface area contributed by atoms with Gasteiger partial charge >= 0.3 is 0 Å². The number of primary sulfonamides is 1. The average Bonchev–Trinajstić information content (AvgIpc) is 3.17. The number of rotatable bonds is 7. The molecular weight excluding hydrogens is 457 g/mol. The minimum Gasteiger partial charge on any atom is -0.375 e. The van der Waals surface area contributed by atoms with Gasteiger partial charge in [0.1, 0.15) is 4.90 Å². The van der Waals surface area contributed by atoms with Crippen LogP contribution in [0.15, 0.2) is 64.4 Å². The minimum atomic E-state index is -4.74. The van der Waals surface area contributed by atoms with Gasteiger partial charge in [-0.1, -0.05) is 54.6 Å². The lowest BCUT2D eigenvalue weighted by Crippen LogP contribution is -2.21. The molecular formula is C23H21F3N2O2S2. The SMILES string of the molecule is NS(=O)(=O)c1c(F)c(F)c(SCCc2ccccc2)c(F)c1N[C@H]1CCc2ccccc21. The van der Waals surface area contributed by atoms with E-state index in [9.17, 15) is 17.2 Å². The fourth-order valence-corrected chi connectivity index (χ4v) is 5.70. The average molecular weight is 479 g/mol. The van der Waals surface area contributed by atoms with Gasteiger partial charge < -0.3 is 5.32 Å². The van der Waals surface area contributed by atoms with Crippen LogP contribution in [0, 0.1) is 17.5 Å². The first-order valence-electron chi connectivity index (χ1n) is 10.0. The monoisotopic (exact) mass is 478 g/mol. The molecule has 32 heavy (non-hydrogen) atoms. The summed E-state index contributed by atoms with van der Waals surface area (Å²) in [5.74, 6) is -4.11. The van der Waals surface area contributed by atoms with Crippen LogP contribution in [0.1, 0.15) is 29.2 Å². The largest absolute Gasteiger partial charge is 0.375 e. The van der Waals surface area contributed by atoms with E-state index in [4.69, 9.17) is 5.14 Å². The maximum absolute atomic E-state index is 15.4. The van der Waals surface area contributed by atoms with E-state index in [0.29, 0.717) is 19.3 Å². The second kappa shape index (κ2) is 9.17. The molecule has 3 aromatic rings. The van der Waals surface area contributed by atoms with Crippen LogP contribution in [0.5, 0.6) is 0 Å². The smallest absolute Gasteiger partial charge is 0.243 e. The van der Waals surface area contributed by atoms with Crippen molar-refractivity contribution >= 4 is 27.5 Å². The van der Waals surface area contributed by atoms with E-state index in [1.165, 1.54) is 0 Å². The number of aryl methyl sites for hydroxylation is 2. The molecule has 1 aliphatic rings. The molecule has 0 aromatic heterocycles. The second-order valence-corrected chi connectivity index (χ2v) is 10.1. The van der Waals surface area contributed by atoms with Gasteiger partial charge in [-0.25, -0.2) is 26.7 Å². The number of hydrogen-bond acceptors (Lipinski definition) is 4. The number of hydrogen-bond donors (Lipinski definition) is 2. The molecule has 1 aliphatic carbocycles. The van der Waals surface area contributed by atoms with E-state index in [1.807, 2.05) is 54.6 Å². The maximum Gasteiger partial charge on any atom is 0.243 e. The Morgan fingerprint density at radius 3 is 2.38 bits per heavy atom. The number of nitrogens with two attached hydrogens (primary N) is 1. The van der Waals surface area contributed by atoms with Gasteiger partial charge in [-0.2, -0.15) is 0 Å². The zero-order chi connectivity index (χ0) is 22.9. The quantitative estimate of drug-likeness (QED) is 0.362. The Balaban J connectivity index is 1.70. The molecule has 3 N–H and O–H groups in total. The van der Waals surface area contributed by atoms with E-state index >= 15 is 4.39 Å². The molecule has 0 saturated carbocycles. The van der Waals surface area contributed by atoms with Crippen LogP contribution in [0.25, 0.3) is 0 Å². The van der Waals surface area contributed by atoms with E-state index in [2.05, 4.69) is 5.32 Å². The van der Waals surface area contributed by atoms with E-state index in [-0.39, 0.29) is 5.75 Å². The molecule has 0 spiro atoms. The summed E-state index contributed by atoms with van der Waals surface area (Å²) in [6, 6.07) is 16.3. The number of fused-ring (bicyclic) bond motifs is 1. The van der Waals surface area contributed by atoms with Crippen molar-refractivity contribution < 1.29 is 21.6 Å². The highest BCUT2D eigenvalue weighted by Gasteiger charge is 2.33. The molecule has 0 bridgehead atoms. The first-order valence-corrected chi connectivity index (χ1v) is 12.5. The van der Waals surface area contributed by atoms with Crippen LogP contribution in [0.4, 0.5) is 18.9 Å². The van der Waals surface area contributed by atoms with E-state index < -0.39 is 49.0 Å². The zero-order valence-corrected chi connectivity index (χ0v) is 18.6. The molecule has 0 heterocycles. The number of sulfonamides is 1. The Kier molecular flexibility index (Phi) is 6.50. The van der Waals surface area contributed by atoms with Crippen molar-refractivity contribution in [1.29, 1.82) is 0 Å². The number of thioether (sulfide) groups is 1. The fraction of sp³-hybridized carbons (Fsp3) is 0.217. The summed E-state index contributed by atoms with van der Waals surface area (Å²) in [7, 11) is -4.74. The Bertz CT molecular complexity index is 1250. The summed E-state index contributed by atoms with van der Waals surface area (Å²) >= 11 is 0.794. The van der Waals surface area contributed by atoms with Crippen molar-refractivity contribution in [2.45, 2.75) is 35.1 Å². The molecule has 0 radical (unpaired) electrons. The summed E-state index contributed by atoms with van der Waals surface area (Å²) in [4.78, 5) is -1.76. The highest BCUT2D eigenvalue weighted by molar-refractivity contribution is 7.99. The standard InChI is InChI=1S/C23H21F3N2O2S2/c24-18-19(25)23(32(27,29)30)21(28-17-11-10-15-8-4-5-9-16(15)17)20(26)22(18)31-13-12-14-6-2-1-3-7-14/h1-9,17,28H,10-13H2,(H2,27,29,30)/t17-/m0/s1. The molecule has 3 aromatic carbocycles. The normalized spacial score (nSPS) is 15.6. The van der Waals surface area contributed by atoms with Crippen LogP contribution in [-0.4, -0.2) is 14.2 Å². The molecule has 0 aliphatic heterocycles. The Labute approximate surface area is 189 Å². The highest BCUT2D eigenvalue weighted by atomic mass is 32.2. The lowest BCUT2D eigenvalue weighted by atomic mass is 10.1. The summed E-state index contributed by atoms with van der Waals surface area (Å²) in [6.07, 6.45) is 1.75. The third-order valence-corrected chi connectivity index (χ3v) is 7.46. The molecule has 0 amide bonds. The number of halogens is 3. The van der Waals surface area contributed by atoms with Crippen molar-refractivity contribution in [3.63, 3.8) is 0 Å². The van der Waals surface area contributed by atoms with Crippen molar-refractivity contribution in [1.82, 2.24) is 0 Å². The molecule has 0 unspecified atom stereocenters. The predicted octanol–water partition coefficient (Wildman–Crippen LogP) is 5.19. The third kappa shape index (κ3) is 4.51. The van der Waals surface area contributed by atoms with E-state index in [1.54, 1.807) is 0 Å². The Morgan fingerprint density at radius 1 is 0.969 bits per heavy atom. The number of nitrogens with one attached hydrogen (secondary N) is 1. The fourth-order valence-electron chi connectivity index (χ4n) is 3.94. The molecule has 0 fully saturated rings. The first-order chi connectivity index (χ1) is 15.3. The summed E-state index contributed by atoms with van der Waals surface area (Å²) < 4.78 is 69.2. The van der Waals surface area contributed by atoms with Gasteiger partial charge in [0.2, 0.25) is 10.0 Å². The lowest BCUT2D eigenvalue weighted by molar-refractivity contribution is 0.447. The second-order valence-electron chi connectivity index (χ2n) is 7.54. The molecule has 168 valence electrons. The van der Waals surface area contributed by atoms with Crippen molar-refractivity contribution in [3.05, 3.63) is 88.7 Å². The van der Waals surface area contributed by atoms with Crippen LogP contribution < -0.4 is 10.5 Å². The van der Waals surface area contributed by atoms with Crippen molar-refractivity contribution in [3.8, 4) is 0 Å². The Hall–Kier alpha value is -2.49. The predicted molar refractivity (Wildman–Crippen MR) is 120 cm³/mol. The van der Waals surface area contributed by atoms with Gasteiger partial charge in [0.05, 0.1) is 16.6 Å². The topological polar surface area (TPSA) is 72.2 Å². The van der Waals surface area contributed by atoms with Crippen LogP contribution in [-0.2, 0) is 22.9 Å². The van der Waals surface area contributed by atoms with Gasteiger partial charge in [0.25, 0.3) is 0 Å². The molecule has 1 atom stereocenters. The summed E-state index contributed by atoms with van der Waals surface area (Å²) in [5, 5.41) is 7.95. The summed E-state index contributed by atoms with van der Waals surface area (Å²) in [5.41, 5.74) is 2.22.